The molecule has 0 saturated heterocycles. The number of hydrogen-bond donors (Lipinski definition) is 3. The highest BCUT2D eigenvalue weighted by Crippen LogP contribution is 2.45. The van der Waals surface area contributed by atoms with E-state index in [2.05, 4.69) is 34.6 Å². The smallest absolute Gasteiger partial charge is 0.462 e. The highest BCUT2D eigenvalue weighted by atomic mass is 31.2. The van der Waals surface area contributed by atoms with Crippen LogP contribution in [0, 0.1) is 5.92 Å². The summed E-state index contributed by atoms with van der Waals surface area (Å²) in [5.41, 5.74) is 0. The summed E-state index contributed by atoms with van der Waals surface area (Å²) in [4.78, 5) is 72.3. The lowest BCUT2D eigenvalue weighted by atomic mass is 10.0. The van der Waals surface area contributed by atoms with E-state index in [0.717, 1.165) is 95.8 Å². The standard InChI is InChI=1S/C67H130O17P2/c1-6-9-12-15-18-21-23-25-27-32-38-43-48-53-67(72)84-63(57-78-65(70)51-46-41-36-33-28-30-34-39-44-49-60(4)5)59-82-86(75,76)80-55-61(68)54-79-85(73,74)81-58-62(56-77-64(69)50-45-40-35-29-20-17-14-11-8-3)83-66(71)52-47-42-37-31-26-24-22-19-16-13-10-7-2/h60-63,68H,6-59H2,1-5H3,(H,73,74)(H,75,76)/t61-,62+,63+/m0/s1. The van der Waals surface area contributed by atoms with Crippen LogP contribution < -0.4 is 0 Å². The molecule has 17 nitrogen and oxygen atoms in total. The summed E-state index contributed by atoms with van der Waals surface area (Å²) in [6.07, 6.45) is 45.7. The van der Waals surface area contributed by atoms with Gasteiger partial charge in [0.2, 0.25) is 0 Å². The van der Waals surface area contributed by atoms with Crippen LogP contribution in [0.1, 0.15) is 343 Å². The summed E-state index contributed by atoms with van der Waals surface area (Å²) in [6, 6.07) is 0. The number of carbonyl (C=O) groups is 4. The first-order chi connectivity index (χ1) is 41.5. The third-order valence-corrected chi connectivity index (χ3v) is 17.4. The average molecular weight is 1270 g/mol. The highest BCUT2D eigenvalue weighted by molar-refractivity contribution is 7.47. The van der Waals surface area contributed by atoms with Crippen molar-refractivity contribution in [2.45, 2.75) is 361 Å². The molecule has 0 fully saturated rings. The summed E-state index contributed by atoms with van der Waals surface area (Å²) in [6.45, 7) is 7.19. The number of phosphoric acid groups is 2. The van der Waals surface area contributed by atoms with Crippen molar-refractivity contribution in [2.24, 2.45) is 5.92 Å². The Bertz CT molecular complexity index is 1670. The number of ether oxygens (including phenoxy) is 4. The second-order valence-corrected chi connectivity index (χ2v) is 27.6. The zero-order valence-corrected chi connectivity index (χ0v) is 57.2. The average Bonchev–Trinajstić information content (AvgIpc) is 3.51. The minimum Gasteiger partial charge on any atom is -0.462 e. The molecule has 0 rings (SSSR count). The van der Waals surface area contributed by atoms with Crippen LogP contribution in [0.5, 0.6) is 0 Å². The Hall–Kier alpha value is -1.94. The van der Waals surface area contributed by atoms with Gasteiger partial charge in [0, 0.05) is 25.7 Å². The van der Waals surface area contributed by atoms with Gasteiger partial charge in [-0.05, 0) is 31.6 Å². The zero-order valence-electron chi connectivity index (χ0n) is 55.4. The molecule has 0 bridgehead atoms. The van der Waals surface area contributed by atoms with E-state index < -0.39 is 97.5 Å². The Morgan fingerprint density at radius 3 is 0.791 bits per heavy atom. The summed E-state index contributed by atoms with van der Waals surface area (Å²) < 4.78 is 68.1. The van der Waals surface area contributed by atoms with Crippen molar-refractivity contribution in [3.63, 3.8) is 0 Å². The van der Waals surface area contributed by atoms with Gasteiger partial charge in [-0.2, -0.15) is 0 Å². The van der Waals surface area contributed by atoms with E-state index in [9.17, 15) is 43.2 Å². The topological polar surface area (TPSA) is 237 Å². The van der Waals surface area contributed by atoms with Crippen molar-refractivity contribution in [3.8, 4) is 0 Å². The molecule has 5 atom stereocenters. The highest BCUT2D eigenvalue weighted by Gasteiger charge is 2.30. The number of phosphoric ester groups is 2. The number of carbonyl (C=O) groups excluding carboxylic acids is 4. The molecule has 3 N–H and O–H groups in total. The molecule has 0 aliphatic rings. The Balaban J connectivity index is 5.24. The van der Waals surface area contributed by atoms with Crippen LogP contribution in [0.25, 0.3) is 0 Å². The van der Waals surface area contributed by atoms with Crippen molar-refractivity contribution < 1.29 is 80.2 Å². The Kier molecular flexibility index (Phi) is 59.2. The molecule has 510 valence electrons. The molecule has 0 spiro atoms. The fraction of sp³-hybridized carbons (Fsp3) is 0.940. The molecule has 0 aromatic heterocycles. The number of aliphatic hydroxyl groups excluding tert-OH is 1. The minimum atomic E-state index is -4.95. The summed E-state index contributed by atoms with van der Waals surface area (Å²) in [5, 5.41) is 10.6. The van der Waals surface area contributed by atoms with Crippen molar-refractivity contribution >= 4 is 39.5 Å². The summed E-state index contributed by atoms with van der Waals surface area (Å²) in [7, 11) is -9.89. The monoisotopic (exact) mass is 1270 g/mol. The Morgan fingerprint density at radius 1 is 0.314 bits per heavy atom. The number of hydrogen-bond acceptors (Lipinski definition) is 15. The fourth-order valence-corrected chi connectivity index (χ4v) is 11.7. The minimum absolute atomic E-state index is 0.107. The maximum absolute atomic E-state index is 13.0. The van der Waals surface area contributed by atoms with Crippen LogP contribution in [0.2, 0.25) is 0 Å². The van der Waals surface area contributed by atoms with Gasteiger partial charge in [0.05, 0.1) is 26.4 Å². The van der Waals surface area contributed by atoms with E-state index in [1.54, 1.807) is 0 Å². The van der Waals surface area contributed by atoms with Crippen LogP contribution in [0.3, 0.4) is 0 Å². The molecule has 0 aromatic rings. The van der Waals surface area contributed by atoms with E-state index in [1.165, 1.54) is 167 Å². The van der Waals surface area contributed by atoms with Crippen LogP contribution in [0.4, 0.5) is 0 Å². The molecule has 0 aromatic carbocycles. The number of rotatable bonds is 67. The van der Waals surface area contributed by atoms with Crippen LogP contribution in [-0.2, 0) is 65.4 Å². The maximum Gasteiger partial charge on any atom is 0.472 e. The lowest BCUT2D eigenvalue weighted by molar-refractivity contribution is -0.161. The van der Waals surface area contributed by atoms with Crippen LogP contribution in [0.15, 0.2) is 0 Å². The first-order valence-corrected chi connectivity index (χ1v) is 38.1. The molecule has 0 aliphatic carbocycles. The van der Waals surface area contributed by atoms with E-state index in [1.807, 2.05) is 0 Å². The molecular weight excluding hydrogens is 1140 g/mol. The molecule has 86 heavy (non-hydrogen) atoms. The SMILES string of the molecule is CCCCCCCCCCCCCCCC(=O)O[C@H](COC(=O)CCCCCCCCCCCC(C)C)COP(=O)(O)OC[C@@H](O)COP(=O)(O)OC[C@@H](COC(=O)CCCCCCCCCCC)OC(=O)CCCCCCCCCCCCCC. The molecule has 0 radical (unpaired) electrons. The number of unbranched alkanes of at least 4 members (excludes halogenated alkanes) is 39. The van der Waals surface area contributed by atoms with E-state index >= 15 is 0 Å². The van der Waals surface area contributed by atoms with Gasteiger partial charge < -0.3 is 33.8 Å². The van der Waals surface area contributed by atoms with Crippen LogP contribution >= 0.6 is 15.6 Å². The first kappa shape index (κ1) is 84.1. The molecule has 0 heterocycles. The third-order valence-electron chi connectivity index (χ3n) is 15.5. The van der Waals surface area contributed by atoms with Gasteiger partial charge >= 0.3 is 39.5 Å². The van der Waals surface area contributed by atoms with Gasteiger partial charge in [-0.15, -0.1) is 0 Å². The molecule has 19 heteroatoms. The number of aliphatic hydroxyl groups is 1. The van der Waals surface area contributed by atoms with Crippen molar-refractivity contribution in [2.75, 3.05) is 39.6 Å². The molecule has 0 amide bonds. The van der Waals surface area contributed by atoms with Crippen molar-refractivity contribution in [1.29, 1.82) is 0 Å². The lowest BCUT2D eigenvalue weighted by Crippen LogP contribution is -2.30. The summed E-state index contributed by atoms with van der Waals surface area (Å²) >= 11 is 0. The second kappa shape index (κ2) is 60.6. The largest absolute Gasteiger partial charge is 0.472 e. The maximum atomic E-state index is 13.0. The van der Waals surface area contributed by atoms with E-state index in [4.69, 9.17) is 37.0 Å². The predicted molar refractivity (Wildman–Crippen MR) is 345 cm³/mol. The lowest BCUT2D eigenvalue weighted by Gasteiger charge is -2.21. The van der Waals surface area contributed by atoms with E-state index in [-0.39, 0.29) is 25.7 Å². The van der Waals surface area contributed by atoms with Gasteiger partial charge in [0.1, 0.15) is 19.3 Å². The predicted octanol–water partition coefficient (Wildman–Crippen LogP) is 19.0. The molecule has 2 unspecified atom stereocenters. The Labute approximate surface area is 524 Å². The van der Waals surface area contributed by atoms with Gasteiger partial charge in [-0.25, -0.2) is 9.13 Å². The van der Waals surface area contributed by atoms with Crippen molar-refractivity contribution in [1.82, 2.24) is 0 Å². The third kappa shape index (κ3) is 60.9. The molecular formula is C67H130O17P2. The van der Waals surface area contributed by atoms with Gasteiger partial charge in [0.15, 0.2) is 12.2 Å². The van der Waals surface area contributed by atoms with E-state index in [0.29, 0.717) is 25.7 Å². The fourth-order valence-electron chi connectivity index (χ4n) is 10.1. The zero-order chi connectivity index (χ0) is 63.5. The summed E-state index contributed by atoms with van der Waals surface area (Å²) in [5.74, 6) is -1.38. The van der Waals surface area contributed by atoms with Gasteiger partial charge in [-0.3, -0.25) is 37.3 Å². The molecule has 0 aliphatic heterocycles. The second-order valence-electron chi connectivity index (χ2n) is 24.7. The molecule has 0 saturated carbocycles. The quantitative estimate of drug-likeness (QED) is 0.0222. The van der Waals surface area contributed by atoms with Gasteiger partial charge in [0.25, 0.3) is 0 Å². The first-order valence-electron chi connectivity index (χ1n) is 35.1. The van der Waals surface area contributed by atoms with Gasteiger partial charge in [-0.1, -0.05) is 291 Å². The number of esters is 4. The Morgan fingerprint density at radius 2 is 0.535 bits per heavy atom. The van der Waals surface area contributed by atoms with Crippen molar-refractivity contribution in [3.05, 3.63) is 0 Å². The van der Waals surface area contributed by atoms with Crippen LogP contribution in [-0.4, -0.2) is 96.7 Å². The normalized spacial score (nSPS) is 14.2.